The van der Waals surface area contributed by atoms with Crippen molar-refractivity contribution in [2.45, 2.75) is 6.54 Å². The first-order valence-electron chi connectivity index (χ1n) is 7.98. The molecule has 0 saturated carbocycles. The van der Waals surface area contributed by atoms with Crippen molar-refractivity contribution in [1.82, 2.24) is 9.78 Å². The number of amides is 1. The number of aromatic carboxylic acids is 1. The number of anilines is 1. The van der Waals surface area contributed by atoms with Crippen molar-refractivity contribution in [3.63, 3.8) is 0 Å². The molecule has 1 aromatic heterocycles. The average Bonchev–Trinajstić information content (AvgIpc) is 3.07. The van der Waals surface area contributed by atoms with Gasteiger partial charge >= 0.3 is 5.97 Å². The van der Waals surface area contributed by atoms with Gasteiger partial charge in [-0.1, -0.05) is 46.3 Å². The van der Waals surface area contributed by atoms with E-state index in [0.717, 1.165) is 5.56 Å². The summed E-state index contributed by atoms with van der Waals surface area (Å²) in [7, 11) is 1.50. The maximum atomic E-state index is 12.6. The molecule has 138 valence electrons. The Morgan fingerprint density at radius 2 is 1.93 bits per heavy atom. The number of carbonyl (C=O) groups excluding carboxylic acids is 1. The summed E-state index contributed by atoms with van der Waals surface area (Å²) >= 11 is 3.22. The van der Waals surface area contributed by atoms with Gasteiger partial charge in [-0.2, -0.15) is 5.10 Å². The lowest BCUT2D eigenvalue weighted by Crippen LogP contribution is -2.16. The zero-order valence-corrected chi connectivity index (χ0v) is 15.9. The van der Waals surface area contributed by atoms with Crippen LogP contribution in [0.15, 0.2) is 59.1 Å². The molecule has 2 N–H and O–H groups in total. The Hall–Kier alpha value is -3.13. The van der Waals surface area contributed by atoms with E-state index in [1.807, 2.05) is 30.3 Å². The molecule has 3 aromatic rings. The number of ether oxygens (including phenoxy) is 1. The van der Waals surface area contributed by atoms with E-state index in [1.54, 1.807) is 10.7 Å². The standard InChI is InChI=1S/C19H16BrN3O4/c1-27-17-10-16(22-23(17)11-12-5-3-2-4-6-12)18(24)21-15-8-7-13(20)9-14(15)19(25)26/h2-10H,11H2,1H3,(H,21,24)(H,25,26). The largest absolute Gasteiger partial charge is 0.481 e. The fourth-order valence-electron chi connectivity index (χ4n) is 2.53. The minimum atomic E-state index is -1.14. The van der Waals surface area contributed by atoms with Gasteiger partial charge < -0.3 is 15.2 Å². The third-order valence-electron chi connectivity index (χ3n) is 3.82. The molecule has 1 amide bonds. The molecule has 0 atom stereocenters. The van der Waals surface area contributed by atoms with Crippen LogP contribution in [-0.2, 0) is 6.54 Å². The second-order valence-corrected chi connectivity index (χ2v) is 6.58. The highest BCUT2D eigenvalue weighted by atomic mass is 79.9. The fourth-order valence-corrected chi connectivity index (χ4v) is 2.89. The molecule has 1 heterocycles. The van der Waals surface area contributed by atoms with Crippen LogP contribution in [-0.4, -0.2) is 33.9 Å². The first kappa shape index (κ1) is 18.7. The molecule has 0 saturated heterocycles. The summed E-state index contributed by atoms with van der Waals surface area (Å²) in [6.45, 7) is 0.440. The first-order chi connectivity index (χ1) is 13.0. The maximum Gasteiger partial charge on any atom is 0.337 e. The van der Waals surface area contributed by atoms with Gasteiger partial charge in [0.25, 0.3) is 5.91 Å². The predicted molar refractivity (Wildman–Crippen MR) is 103 cm³/mol. The van der Waals surface area contributed by atoms with Crippen molar-refractivity contribution in [2.75, 3.05) is 12.4 Å². The summed E-state index contributed by atoms with van der Waals surface area (Å²) in [6.07, 6.45) is 0. The molecule has 27 heavy (non-hydrogen) atoms. The molecule has 0 unspecified atom stereocenters. The molecule has 0 aliphatic heterocycles. The molecule has 0 bridgehead atoms. The number of carbonyl (C=O) groups is 2. The van der Waals surface area contributed by atoms with Gasteiger partial charge in [-0.15, -0.1) is 0 Å². The summed E-state index contributed by atoms with van der Waals surface area (Å²) in [4.78, 5) is 23.9. The number of methoxy groups -OCH3 is 1. The Kier molecular flexibility index (Phi) is 5.56. The van der Waals surface area contributed by atoms with Gasteiger partial charge in [0.15, 0.2) is 5.69 Å². The lowest BCUT2D eigenvalue weighted by atomic mass is 10.2. The molecule has 7 nitrogen and oxygen atoms in total. The van der Waals surface area contributed by atoms with Gasteiger partial charge in [0.2, 0.25) is 5.88 Å². The zero-order valence-electron chi connectivity index (χ0n) is 14.3. The zero-order chi connectivity index (χ0) is 19.4. The van der Waals surface area contributed by atoms with Crippen LogP contribution in [0.5, 0.6) is 5.88 Å². The monoisotopic (exact) mass is 429 g/mol. The molecule has 3 rings (SSSR count). The summed E-state index contributed by atoms with van der Waals surface area (Å²) < 4.78 is 7.47. The molecule has 0 spiro atoms. The number of halogens is 1. The molecule has 0 aliphatic carbocycles. The van der Waals surface area contributed by atoms with E-state index in [-0.39, 0.29) is 16.9 Å². The number of rotatable bonds is 6. The molecule has 8 heteroatoms. The number of carboxylic acid groups (broad SMARTS) is 1. The average molecular weight is 430 g/mol. The third kappa shape index (κ3) is 4.35. The highest BCUT2D eigenvalue weighted by molar-refractivity contribution is 9.10. The van der Waals surface area contributed by atoms with E-state index in [4.69, 9.17) is 4.74 Å². The van der Waals surface area contributed by atoms with Gasteiger partial charge in [0, 0.05) is 10.5 Å². The highest BCUT2D eigenvalue weighted by Gasteiger charge is 2.18. The quantitative estimate of drug-likeness (QED) is 0.623. The maximum absolute atomic E-state index is 12.6. The Bertz CT molecular complexity index is 986. The molecule has 0 aliphatic rings. The lowest BCUT2D eigenvalue weighted by molar-refractivity contribution is 0.0698. The number of aromatic nitrogens is 2. The fraction of sp³-hybridized carbons (Fsp3) is 0.105. The second-order valence-electron chi connectivity index (χ2n) is 5.66. The van der Waals surface area contributed by atoms with Crippen molar-refractivity contribution in [2.24, 2.45) is 0 Å². The molecular formula is C19H16BrN3O4. The van der Waals surface area contributed by atoms with Gasteiger partial charge in [-0.25, -0.2) is 9.48 Å². The van der Waals surface area contributed by atoms with Gasteiger partial charge in [0.05, 0.1) is 24.9 Å². The van der Waals surface area contributed by atoms with Crippen molar-refractivity contribution in [3.05, 3.63) is 75.9 Å². The lowest BCUT2D eigenvalue weighted by Gasteiger charge is -2.07. The Balaban J connectivity index is 1.85. The van der Waals surface area contributed by atoms with Crippen LogP contribution in [0.1, 0.15) is 26.4 Å². The van der Waals surface area contributed by atoms with Gasteiger partial charge in [-0.05, 0) is 23.8 Å². The van der Waals surface area contributed by atoms with Crippen LogP contribution in [0, 0.1) is 0 Å². The van der Waals surface area contributed by atoms with Crippen LogP contribution < -0.4 is 10.1 Å². The van der Waals surface area contributed by atoms with E-state index in [9.17, 15) is 14.7 Å². The first-order valence-corrected chi connectivity index (χ1v) is 8.77. The predicted octanol–water partition coefficient (Wildman–Crippen LogP) is 3.65. The van der Waals surface area contributed by atoms with E-state index in [1.165, 1.54) is 25.3 Å². The smallest absolute Gasteiger partial charge is 0.337 e. The second kappa shape index (κ2) is 8.05. The Morgan fingerprint density at radius 3 is 2.59 bits per heavy atom. The Morgan fingerprint density at radius 1 is 1.19 bits per heavy atom. The normalized spacial score (nSPS) is 10.4. The van der Waals surface area contributed by atoms with Crippen LogP contribution in [0.2, 0.25) is 0 Å². The third-order valence-corrected chi connectivity index (χ3v) is 4.31. The molecule has 0 fully saturated rings. The van der Waals surface area contributed by atoms with Crippen LogP contribution >= 0.6 is 15.9 Å². The number of nitrogens with zero attached hydrogens (tertiary/aromatic N) is 2. The number of carboxylic acids is 1. The van der Waals surface area contributed by atoms with Crippen molar-refractivity contribution >= 4 is 33.5 Å². The van der Waals surface area contributed by atoms with Crippen LogP contribution in [0.3, 0.4) is 0 Å². The van der Waals surface area contributed by atoms with Crippen LogP contribution in [0.25, 0.3) is 0 Å². The number of nitrogens with one attached hydrogen (secondary N) is 1. The van der Waals surface area contributed by atoms with E-state index >= 15 is 0 Å². The summed E-state index contributed by atoms with van der Waals surface area (Å²) in [6, 6.07) is 15.7. The summed E-state index contributed by atoms with van der Waals surface area (Å²) in [5.41, 5.74) is 1.30. The Labute approximate surface area is 163 Å². The SMILES string of the molecule is COc1cc(C(=O)Nc2ccc(Br)cc2C(=O)O)nn1Cc1ccccc1. The van der Waals surface area contributed by atoms with E-state index in [2.05, 4.69) is 26.3 Å². The molecular weight excluding hydrogens is 414 g/mol. The minimum absolute atomic E-state index is 0.0200. The minimum Gasteiger partial charge on any atom is -0.481 e. The van der Waals surface area contributed by atoms with Crippen molar-refractivity contribution in [1.29, 1.82) is 0 Å². The van der Waals surface area contributed by atoms with Gasteiger partial charge in [0.1, 0.15) is 0 Å². The topological polar surface area (TPSA) is 93.4 Å². The molecule has 2 aromatic carbocycles. The summed E-state index contributed by atoms with van der Waals surface area (Å²) in [5, 5.41) is 16.2. The van der Waals surface area contributed by atoms with Crippen LogP contribution in [0.4, 0.5) is 5.69 Å². The van der Waals surface area contributed by atoms with Crippen molar-refractivity contribution in [3.8, 4) is 5.88 Å². The van der Waals surface area contributed by atoms with Crippen molar-refractivity contribution < 1.29 is 19.4 Å². The van der Waals surface area contributed by atoms with E-state index in [0.29, 0.717) is 16.9 Å². The highest BCUT2D eigenvalue weighted by Crippen LogP contribution is 2.22. The molecule has 0 radical (unpaired) electrons. The number of hydrogen-bond acceptors (Lipinski definition) is 4. The van der Waals surface area contributed by atoms with Gasteiger partial charge in [-0.3, -0.25) is 4.79 Å². The number of hydrogen-bond donors (Lipinski definition) is 2. The van der Waals surface area contributed by atoms with E-state index < -0.39 is 11.9 Å². The number of benzene rings is 2. The summed E-state index contributed by atoms with van der Waals surface area (Å²) in [5.74, 6) is -1.23.